The molecule has 4 rings (SSSR count). The highest BCUT2D eigenvalue weighted by Crippen LogP contribution is 2.28. The Morgan fingerprint density at radius 2 is 2.10 bits per heavy atom. The van der Waals surface area contributed by atoms with Crippen LogP contribution in [0.5, 0.6) is 0 Å². The minimum atomic E-state index is 0.212. The number of nitrogens with zero attached hydrogens (tertiary/aromatic N) is 3. The van der Waals surface area contributed by atoms with Gasteiger partial charge in [-0.25, -0.2) is 0 Å². The molecule has 0 aliphatic carbocycles. The molecule has 5 nitrogen and oxygen atoms in total. The van der Waals surface area contributed by atoms with Crippen LogP contribution in [0, 0.1) is 0 Å². The molecule has 1 atom stereocenters. The van der Waals surface area contributed by atoms with E-state index in [2.05, 4.69) is 20.4 Å². The van der Waals surface area contributed by atoms with Gasteiger partial charge in [0.1, 0.15) is 0 Å². The summed E-state index contributed by atoms with van der Waals surface area (Å²) in [5.74, 6) is 1.32. The smallest absolute Gasteiger partial charge is 0.258 e. The molecular weight excluding hydrogens is 264 g/mol. The Kier molecular flexibility index (Phi) is 3.12. The van der Waals surface area contributed by atoms with Gasteiger partial charge in [-0.2, -0.15) is 4.98 Å². The van der Waals surface area contributed by atoms with Gasteiger partial charge in [0.05, 0.1) is 17.1 Å². The van der Waals surface area contributed by atoms with Gasteiger partial charge in [0.25, 0.3) is 5.89 Å². The Hall–Kier alpha value is -2.27. The lowest BCUT2D eigenvalue weighted by molar-refractivity contribution is 0.367. The first-order chi connectivity index (χ1) is 10.4. The molecule has 1 unspecified atom stereocenters. The second-order valence-electron chi connectivity index (χ2n) is 5.34. The molecule has 0 radical (unpaired) electrons. The minimum Gasteiger partial charge on any atom is -0.334 e. The summed E-state index contributed by atoms with van der Waals surface area (Å²) in [5, 5.41) is 8.63. The van der Waals surface area contributed by atoms with E-state index in [4.69, 9.17) is 4.52 Å². The van der Waals surface area contributed by atoms with E-state index < -0.39 is 0 Å². The summed E-state index contributed by atoms with van der Waals surface area (Å²) in [4.78, 5) is 8.95. The molecule has 1 N–H and O–H groups in total. The Morgan fingerprint density at radius 3 is 3.00 bits per heavy atom. The van der Waals surface area contributed by atoms with Crippen LogP contribution in [-0.4, -0.2) is 21.7 Å². The van der Waals surface area contributed by atoms with Crippen molar-refractivity contribution < 1.29 is 4.52 Å². The van der Waals surface area contributed by atoms with Crippen LogP contribution >= 0.6 is 0 Å². The number of aromatic nitrogens is 3. The lowest BCUT2D eigenvalue weighted by atomic mass is 10.0. The van der Waals surface area contributed by atoms with Crippen LogP contribution in [0.15, 0.2) is 41.1 Å². The summed E-state index contributed by atoms with van der Waals surface area (Å²) in [5.41, 5.74) is 1.88. The van der Waals surface area contributed by atoms with Gasteiger partial charge in [0.2, 0.25) is 0 Å². The zero-order valence-electron chi connectivity index (χ0n) is 11.6. The molecule has 0 amide bonds. The summed E-state index contributed by atoms with van der Waals surface area (Å²) < 4.78 is 5.48. The first-order valence-electron chi connectivity index (χ1n) is 7.33. The third kappa shape index (κ3) is 2.29. The van der Waals surface area contributed by atoms with E-state index in [0.717, 1.165) is 35.3 Å². The van der Waals surface area contributed by atoms with Gasteiger partial charge in [0.15, 0.2) is 5.82 Å². The molecule has 0 saturated carbocycles. The van der Waals surface area contributed by atoms with Gasteiger partial charge < -0.3 is 9.84 Å². The van der Waals surface area contributed by atoms with Crippen LogP contribution in [0.25, 0.3) is 22.4 Å². The summed E-state index contributed by atoms with van der Waals surface area (Å²) in [6, 6.07) is 10.1. The minimum absolute atomic E-state index is 0.212. The number of rotatable bonds is 2. The van der Waals surface area contributed by atoms with E-state index in [1.165, 1.54) is 12.8 Å². The van der Waals surface area contributed by atoms with Crippen LogP contribution in [0.3, 0.4) is 0 Å². The van der Waals surface area contributed by atoms with Crippen molar-refractivity contribution in [2.45, 2.75) is 25.3 Å². The summed E-state index contributed by atoms with van der Waals surface area (Å²) >= 11 is 0. The topological polar surface area (TPSA) is 63.8 Å². The number of hydrogen-bond donors (Lipinski definition) is 1. The predicted molar refractivity (Wildman–Crippen MR) is 79.6 cm³/mol. The van der Waals surface area contributed by atoms with E-state index in [1.807, 2.05) is 30.3 Å². The molecule has 0 spiro atoms. The first kappa shape index (κ1) is 12.5. The lowest BCUT2D eigenvalue weighted by Crippen LogP contribution is -2.27. The fourth-order valence-corrected chi connectivity index (χ4v) is 2.84. The molecule has 0 bridgehead atoms. The van der Waals surface area contributed by atoms with Gasteiger partial charge in [-0.05, 0) is 31.5 Å². The Morgan fingerprint density at radius 1 is 1.14 bits per heavy atom. The summed E-state index contributed by atoms with van der Waals surface area (Å²) in [7, 11) is 0. The van der Waals surface area contributed by atoms with Crippen molar-refractivity contribution in [3.63, 3.8) is 0 Å². The molecule has 3 heterocycles. The van der Waals surface area contributed by atoms with Crippen molar-refractivity contribution in [1.82, 2.24) is 20.4 Å². The molecule has 106 valence electrons. The van der Waals surface area contributed by atoms with Crippen molar-refractivity contribution in [1.29, 1.82) is 0 Å². The highest BCUT2D eigenvalue weighted by atomic mass is 16.5. The molecule has 5 heteroatoms. The quantitative estimate of drug-likeness (QED) is 0.781. The van der Waals surface area contributed by atoms with Crippen molar-refractivity contribution >= 4 is 10.9 Å². The highest BCUT2D eigenvalue weighted by molar-refractivity contribution is 5.91. The monoisotopic (exact) mass is 280 g/mol. The number of benzene rings is 1. The predicted octanol–water partition coefficient (Wildman–Crippen LogP) is 3.10. The maximum Gasteiger partial charge on any atom is 0.258 e. The lowest BCUT2D eigenvalue weighted by Gasteiger charge is -2.19. The average Bonchev–Trinajstić information content (AvgIpc) is 3.05. The molecular formula is C16H16N4O. The highest BCUT2D eigenvalue weighted by Gasteiger charge is 2.21. The third-order valence-corrected chi connectivity index (χ3v) is 3.94. The summed E-state index contributed by atoms with van der Waals surface area (Å²) in [6.45, 7) is 1.02. The van der Waals surface area contributed by atoms with Crippen molar-refractivity contribution in [3.05, 3.63) is 42.4 Å². The Balaban J connectivity index is 1.74. The molecule has 3 aromatic rings. The third-order valence-electron chi connectivity index (χ3n) is 3.94. The molecule has 1 fully saturated rings. The van der Waals surface area contributed by atoms with Crippen LogP contribution in [0.2, 0.25) is 0 Å². The van der Waals surface area contributed by atoms with Crippen molar-refractivity contribution in [2.24, 2.45) is 0 Å². The van der Waals surface area contributed by atoms with Gasteiger partial charge in [-0.1, -0.05) is 29.8 Å². The maximum absolute atomic E-state index is 5.48. The number of fused-ring (bicyclic) bond motifs is 1. The van der Waals surface area contributed by atoms with Crippen molar-refractivity contribution in [2.75, 3.05) is 6.54 Å². The average molecular weight is 280 g/mol. The normalized spacial score (nSPS) is 19.0. The first-order valence-corrected chi connectivity index (χ1v) is 7.33. The van der Waals surface area contributed by atoms with Gasteiger partial charge >= 0.3 is 0 Å². The van der Waals surface area contributed by atoms with E-state index in [1.54, 1.807) is 6.20 Å². The zero-order valence-corrected chi connectivity index (χ0v) is 11.6. The largest absolute Gasteiger partial charge is 0.334 e. The molecule has 1 aliphatic heterocycles. The second-order valence-corrected chi connectivity index (χ2v) is 5.34. The molecule has 21 heavy (non-hydrogen) atoms. The van der Waals surface area contributed by atoms with Gasteiger partial charge in [-0.15, -0.1) is 0 Å². The number of piperidine rings is 1. The SMILES string of the molecule is c1ccc2c(-c3nc(C4CCCCN4)no3)ccnc2c1. The van der Waals surface area contributed by atoms with Crippen LogP contribution < -0.4 is 5.32 Å². The number of para-hydroxylation sites is 1. The zero-order chi connectivity index (χ0) is 14.1. The second kappa shape index (κ2) is 5.26. The van der Waals surface area contributed by atoms with Crippen LogP contribution in [-0.2, 0) is 0 Å². The number of pyridine rings is 1. The van der Waals surface area contributed by atoms with E-state index in [9.17, 15) is 0 Å². The number of nitrogens with one attached hydrogen (secondary N) is 1. The van der Waals surface area contributed by atoms with Gasteiger partial charge in [-0.3, -0.25) is 4.98 Å². The molecule has 1 aromatic carbocycles. The standard InChI is InChI=1S/C16H16N4O/c1-2-6-13-11(5-1)12(8-10-18-13)16-19-15(20-21-16)14-7-3-4-9-17-14/h1-2,5-6,8,10,14,17H,3-4,7,9H2. The van der Waals surface area contributed by atoms with E-state index in [0.29, 0.717) is 5.89 Å². The molecule has 1 aliphatic rings. The molecule has 1 saturated heterocycles. The fourth-order valence-electron chi connectivity index (χ4n) is 2.84. The number of hydrogen-bond acceptors (Lipinski definition) is 5. The fraction of sp³-hybridized carbons (Fsp3) is 0.312. The van der Waals surface area contributed by atoms with Crippen LogP contribution in [0.1, 0.15) is 31.1 Å². The van der Waals surface area contributed by atoms with E-state index in [-0.39, 0.29) is 6.04 Å². The Labute approximate surface area is 122 Å². The summed E-state index contributed by atoms with van der Waals surface area (Å²) in [6.07, 6.45) is 5.27. The van der Waals surface area contributed by atoms with E-state index >= 15 is 0 Å². The van der Waals surface area contributed by atoms with Crippen molar-refractivity contribution in [3.8, 4) is 11.5 Å². The van der Waals surface area contributed by atoms with Crippen LogP contribution in [0.4, 0.5) is 0 Å². The molecule has 2 aromatic heterocycles. The maximum atomic E-state index is 5.48. The van der Waals surface area contributed by atoms with Gasteiger partial charge in [0, 0.05) is 11.6 Å². The Bertz CT molecular complexity index is 756.